The molecule has 4 heterocycles. The van der Waals surface area contributed by atoms with Crippen LogP contribution in [0.4, 0.5) is 5.00 Å². The first-order chi connectivity index (χ1) is 14.5. The van der Waals surface area contributed by atoms with Gasteiger partial charge in [-0.2, -0.15) is 0 Å². The first-order valence-corrected chi connectivity index (χ1v) is 11.4. The molecule has 8 heteroatoms. The number of nitrogens with zero attached hydrogens (tertiary/aromatic N) is 2. The van der Waals surface area contributed by atoms with Gasteiger partial charge in [-0.1, -0.05) is 0 Å². The Morgan fingerprint density at radius 1 is 1.13 bits per heavy atom. The number of anilines is 1. The number of carbonyl (C=O) groups is 2. The fourth-order valence-corrected chi connectivity index (χ4v) is 5.24. The van der Waals surface area contributed by atoms with Crippen molar-refractivity contribution in [3.8, 4) is 0 Å². The topological polar surface area (TPSA) is 75.0 Å². The molecular weight excluding hydrogens is 402 g/mol. The highest BCUT2D eigenvalue weighted by Gasteiger charge is 2.28. The fourth-order valence-electron chi connectivity index (χ4n) is 4.37. The minimum atomic E-state index is -0.312. The molecule has 30 heavy (non-hydrogen) atoms. The zero-order valence-corrected chi connectivity index (χ0v) is 18.3. The van der Waals surface area contributed by atoms with Gasteiger partial charge in [0.2, 0.25) is 0 Å². The Balaban J connectivity index is 1.26. The average Bonchev–Trinajstić information content (AvgIpc) is 3.39. The van der Waals surface area contributed by atoms with E-state index in [1.807, 2.05) is 4.90 Å². The predicted octanol–water partition coefficient (Wildman–Crippen LogP) is 3.55. The second-order valence-corrected chi connectivity index (χ2v) is 9.39. The highest BCUT2D eigenvalue weighted by Crippen LogP contribution is 2.27. The van der Waals surface area contributed by atoms with E-state index in [0.717, 1.165) is 45.6 Å². The van der Waals surface area contributed by atoms with E-state index in [4.69, 9.17) is 9.15 Å². The molecule has 1 N–H and O–H groups in total. The van der Waals surface area contributed by atoms with Gasteiger partial charge in [0.05, 0.1) is 28.3 Å². The summed E-state index contributed by atoms with van der Waals surface area (Å²) in [6.07, 6.45) is 4.09. The van der Waals surface area contributed by atoms with Crippen LogP contribution in [0.1, 0.15) is 46.9 Å². The summed E-state index contributed by atoms with van der Waals surface area (Å²) in [7, 11) is 0. The predicted molar refractivity (Wildman–Crippen MR) is 116 cm³/mol. The number of morpholine rings is 1. The van der Waals surface area contributed by atoms with Crippen LogP contribution in [0, 0.1) is 5.92 Å². The van der Waals surface area contributed by atoms with E-state index >= 15 is 0 Å². The Labute approximate surface area is 181 Å². The van der Waals surface area contributed by atoms with Crippen molar-refractivity contribution in [1.82, 2.24) is 9.80 Å². The molecule has 0 saturated carbocycles. The van der Waals surface area contributed by atoms with E-state index in [-0.39, 0.29) is 29.8 Å². The standard InChI is InChI=1S/C22H29N3O4S/c1-15-12-24(13-16(2)29-15)14-17-7-9-25(10-8-17)22(27)19-5-6-20(30-19)23-21(26)18-4-3-11-28-18/h3-6,11,15-17H,7-10,12-14H2,1-2H3,(H,23,26). The van der Waals surface area contributed by atoms with Gasteiger partial charge in [-0.25, -0.2) is 0 Å². The molecule has 2 aromatic rings. The van der Waals surface area contributed by atoms with Crippen LogP contribution in [0.2, 0.25) is 0 Å². The Bertz CT molecular complexity index is 848. The van der Waals surface area contributed by atoms with Crippen LogP contribution in [0.3, 0.4) is 0 Å². The van der Waals surface area contributed by atoms with Crippen molar-refractivity contribution >= 4 is 28.2 Å². The number of amides is 2. The van der Waals surface area contributed by atoms with E-state index in [1.165, 1.54) is 17.6 Å². The average molecular weight is 432 g/mol. The summed E-state index contributed by atoms with van der Waals surface area (Å²) in [6.45, 7) is 8.90. The maximum atomic E-state index is 12.9. The Hall–Kier alpha value is -2.16. The molecule has 0 radical (unpaired) electrons. The lowest BCUT2D eigenvalue weighted by atomic mass is 9.95. The smallest absolute Gasteiger partial charge is 0.291 e. The number of carbonyl (C=O) groups excluding carboxylic acids is 2. The van der Waals surface area contributed by atoms with Crippen LogP contribution in [-0.4, -0.2) is 66.5 Å². The van der Waals surface area contributed by atoms with Gasteiger partial charge in [0.25, 0.3) is 11.8 Å². The van der Waals surface area contributed by atoms with Crippen LogP contribution < -0.4 is 5.32 Å². The zero-order chi connectivity index (χ0) is 21.1. The molecule has 2 atom stereocenters. The van der Waals surface area contributed by atoms with Crippen LogP contribution in [0.5, 0.6) is 0 Å². The third-order valence-corrected chi connectivity index (χ3v) is 6.70. The Morgan fingerprint density at radius 2 is 1.87 bits per heavy atom. The summed E-state index contributed by atoms with van der Waals surface area (Å²) in [5.74, 6) is 0.611. The molecule has 2 aromatic heterocycles. The zero-order valence-electron chi connectivity index (χ0n) is 17.5. The van der Waals surface area contributed by atoms with Crippen molar-refractivity contribution in [1.29, 1.82) is 0 Å². The van der Waals surface area contributed by atoms with Crippen LogP contribution >= 0.6 is 11.3 Å². The molecule has 0 aromatic carbocycles. The van der Waals surface area contributed by atoms with Gasteiger partial charge < -0.3 is 19.4 Å². The number of piperidine rings is 1. The summed E-state index contributed by atoms with van der Waals surface area (Å²) in [5, 5.41) is 3.43. The van der Waals surface area contributed by atoms with Crippen LogP contribution in [0.15, 0.2) is 34.9 Å². The third kappa shape index (κ3) is 5.11. The molecule has 4 rings (SSSR count). The molecule has 0 spiro atoms. The summed E-state index contributed by atoms with van der Waals surface area (Å²) in [4.78, 5) is 30.1. The van der Waals surface area contributed by atoms with Crippen molar-refractivity contribution < 1.29 is 18.7 Å². The third-order valence-electron chi connectivity index (χ3n) is 5.71. The fraction of sp³-hybridized carbons (Fsp3) is 0.545. The van der Waals surface area contributed by atoms with Gasteiger partial charge in [-0.15, -0.1) is 11.3 Å². The van der Waals surface area contributed by atoms with Crippen molar-refractivity contribution in [2.75, 3.05) is 38.0 Å². The SMILES string of the molecule is CC1CN(CC2CCN(C(=O)c3ccc(NC(=O)c4ccco4)s3)CC2)CC(C)O1. The summed E-state index contributed by atoms with van der Waals surface area (Å²) < 4.78 is 10.9. The molecule has 0 aliphatic carbocycles. The molecule has 2 fully saturated rings. The molecule has 2 amide bonds. The Kier molecular flexibility index (Phi) is 6.55. The number of likely N-dealkylation sites (tertiary alicyclic amines) is 1. The van der Waals surface area contributed by atoms with E-state index in [2.05, 4.69) is 24.1 Å². The van der Waals surface area contributed by atoms with Crippen molar-refractivity contribution in [3.05, 3.63) is 41.2 Å². The number of hydrogen-bond acceptors (Lipinski definition) is 6. The van der Waals surface area contributed by atoms with Crippen molar-refractivity contribution in [2.45, 2.75) is 38.9 Å². The van der Waals surface area contributed by atoms with Gasteiger partial charge in [0.15, 0.2) is 5.76 Å². The van der Waals surface area contributed by atoms with Crippen molar-refractivity contribution in [2.24, 2.45) is 5.92 Å². The number of thiophene rings is 1. The molecule has 2 unspecified atom stereocenters. The second-order valence-electron chi connectivity index (χ2n) is 8.31. The monoisotopic (exact) mass is 431 g/mol. The second kappa shape index (κ2) is 9.32. The van der Waals surface area contributed by atoms with Gasteiger partial charge in [-0.3, -0.25) is 14.5 Å². The minimum Gasteiger partial charge on any atom is -0.459 e. The first-order valence-electron chi connectivity index (χ1n) is 10.6. The van der Waals surface area contributed by atoms with E-state index in [1.54, 1.807) is 24.3 Å². The van der Waals surface area contributed by atoms with Crippen molar-refractivity contribution in [3.63, 3.8) is 0 Å². The first kappa shape index (κ1) is 21.1. The molecule has 2 aliphatic rings. The molecule has 2 aliphatic heterocycles. The van der Waals surface area contributed by atoms with E-state index in [9.17, 15) is 9.59 Å². The maximum absolute atomic E-state index is 12.9. The number of rotatable bonds is 5. The maximum Gasteiger partial charge on any atom is 0.291 e. The van der Waals surface area contributed by atoms with E-state index < -0.39 is 0 Å². The molecule has 7 nitrogen and oxygen atoms in total. The van der Waals surface area contributed by atoms with Gasteiger partial charge in [0, 0.05) is 32.7 Å². The molecule has 0 bridgehead atoms. The normalized spacial score (nSPS) is 23.5. The van der Waals surface area contributed by atoms with Gasteiger partial charge in [0.1, 0.15) is 0 Å². The lowest BCUT2D eigenvalue weighted by Crippen LogP contribution is -2.48. The minimum absolute atomic E-state index is 0.0468. The van der Waals surface area contributed by atoms with Crippen LogP contribution in [0.25, 0.3) is 0 Å². The summed E-state index contributed by atoms with van der Waals surface area (Å²) >= 11 is 1.30. The number of ether oxygens (including phenoxy) is 1. The largest absolute Gasteiger partial charge is 0.459 e. The lowest BCUT2D eigenvalue weighted by molar-refractivity contribution is -0.0728. The number of furan rings is 1. The highest BCUT2D eigenvalue weighted by atomic mass is 32.1. The highest BCUT2D eigenvalue weighted by molar-refractivity contribution is 7.18. The molecule has 2 saturated heterocycles. The van der Waals surface area contributed by atoms with Gasteiger partial charge >= 0.3 is 0 Å². The quantitative estimate of drug-likeness (QED) is 0.784. The number of hydrogen-bond donors (Lipinski definition) is 1. The van der Waals surface area contributed by atoms with Crippen LogP contribution in [-0.2, 0) is 4.74 Å². The Morgan fingerprint density at radius 3 is 2.53 bits per heavy atom. The van der Waals surface area contributed by atoms with E-state index in [0.29, 0.717) is 15.8 Å². The lowest BCUT2D eigenvalue weighted by Gasteiger charge is -2.39. The summed E-state index contributed by atoms with van der Waals surface area (Å²) in [5.41, 5.74) is 0. The molecule has 162 valence electrons. The van der Waals surface area contributed by atoms with Gasteiger partial charge in [-0.05, 0) is 56.9 Å². The summed E-state index contributed by atoms with van der Waals surface area (Å²) in [6, 6.07) is 6.83. The molecular formula is C22H29N3O4S. The number of nitrogens with one attached hydrogen (secondary N) is 1.